The van der Waals surface area contributed by atoms with Crippen molar-refractivity contribution >= 4 is 23.1 Å². The number of esters is 1. The van der Waals surface area contributed by atoms with Crippen molar-refractivity contribution in [1.29, 1.82) is 5.26 Å². The normalized spacial score (nSPS) is 11.6. The molecule has 0 radical (unpaired) electrons. The number of Topliss-reactive ketones (excluding diaryl/α,β-unsaturated/α-hetero) is 1. The third-order valence-electron chi connectivity index (χ3n) is 2.85. The van der Waals surface area contributed by atoms with Gasteiger partial charge in [0.05, 0.1) is 6.07 Å². The first kappa shape index (κ1) is 16.7. The van der Waals surface area contributed by atoms with E-state index in [0.29, 0.717) is 5.69 Å². The number of carbonyl (C=O) groups excluding carboxylic acids is 2. The first-order valence-electron chi connectivity index (χ1n) is 6.39. The van der Waals surface area contributed by atoms with Gasteiger partial charge in [0.15, 0.2) is 18.3 Å². The van der Waals surface area contributed by atoms with Gasteiger partial charge in [-0.1, -0.05) is 6.07 Å². The highest BCUT2D eigenvalue weighted by atomic mass is 32.1. The number of benzene rings is 1. The number of nitriles is 1. The standard InChI is InChI=1S/C15H10F2N2O3S/c1-8-7-23-14(19-8)9(5-18)12(20)6-22-15(21)13-10(16)3-2-4-11(13)17/h2-4,7,9H,6H2,1H3. The molecule has 0 spiro atoms. The number of hydrogen-bond acceptors (Lipinski definition) is 6. The molecule has 0 amide bonds. The Morgan fingerprint density at radius 3 is 2.57 bits per heavy atom. The number of ether oxygens (including phenoxy) is 1. The van der Waals surface area contributed by atoms with E-state index in [1.165, 1.54) is 0 Å². The van der Waals surface area contributed by atoms with Crippen LogP contribution >= 0.6 is 11.3 Å². The zero-order valence-electron chi connectivity index (χ0n) is 11.9. The van der Waals surface area contributed by atoms with Crippen molar-refractivity contribution in [2.45, 2.75) is 12.8 Å². The van der Waals surface area contributed by atoms with E-state index in [1.807, 2.05) is 0 Å². The molecule has 0 N–H and O–H groups in total. The minimum atomic E-state index is -1.30. The van der Waals surface area contributed by atoms with E-state index in [4.69, 9.17) is 5.26 Å². The maximum Gasteiger partial charge on any atom is 0.344 e. The minimum absolute atomic E-state index is 0.281. The highest BCUT2D eigenvalue weighted by Crippen LogP contribution is 2.21. The molecule has 0 bridgehead atoms. The van der Waals surface area contributed by atoms with Crippen LogP contribution in [-0.4, -0.2) is 23.3 Å². The molecule has 23 heavy (non-hydrogen) atoms. The van der Waals surface area contributed by atoms with Crippen LogP contribution in [0, 0.1) is 29.9 Å². The van der Waals surface area contributed by atoms with Crippen LogP contribution in [0.4, 0.5) is 8.78 Å². The van der Waals surface area contributed by atoms with Gasteiger partial charge in [-0.15, -0.1) is 11.3 Å². The number of nitrogens with zero attached hydrogens (tertiary/aromatic N) is 2. The highest BCUT2D eigenvalue weighted by molar-refractivity contribution is 7.09. The van der Waals surface area contributed by atoms with Crippen molar-refractivity contribution < 1.29 is 23.1 Å². The number of aromatic nitrogens is 1. The fourth-order valence-electron chi connectivity index (χ4n) is 1.75. The molecule has 2 aromatic rings. The lowest BCUT2D eigenvalue weighted by Crippen LogP contribution is -2.21. The summed E-state index contributed by atoms with van der Waals surface area (Å²) in [6.45, 7) is 0.934. The molecule has 118 valence electrons. The predicted octanol–water partition coefficient (Wildman–Crippen LogP) is 2.76. The van der Waals surface area contributed by atoms with Crippen molar-refractivity contribution in [3.8, 4) is 6.07 Å². The quantitative estimate of drug-likeness (QED) is 0.784. The Morgan fingerprint density at radius 2 is 2.04 bits per heavy atom. The van der Waals surface area contributed by atoms with Crippen LogP contribution in [0.5, 0.6) is 0 Å². The van der Waals surface area contributed by atoms with Crippen molar-refractivity contribution in [3.63, 3.8) is 0 Å². The van der Waals surface area contributed by atoms with Gasteiger partial charge in [0.1, 0.15) is 22.2 Å². The molecule has 1 aromatic heterocycles. The maximum atomic E-state index is 13.4. The Labute approximate surface area is 134 Å². The number of rotatable bonds is 5. The summed E-state index contributed by atoms with van der Waals surface area (Å²) in [7, 11) is 0. The Hall–Kier alpha value is -2.66. The summed E-state index contributed by atoms with van der Waals surface area (Å²) < 4.78 is 31.5. The predicted molar refractivity (Wildman–Crippen MR) is 76.9 cm³/mol. The zero-order chi connectivity index (χ0) is 17.0. The maximum absolute atomic E-state index is 13.4. The zero-order valence-corrected chi connectivity index (χ0v) is 12.7. The second kappa shape index (κ2) is 7.07. The van der Waals surface area contributed by atoms with Crippen LogP contribution in [0.1, 0.15) is 27.0 Å². The first-order chi connectivity index (χ1) is 10.9. The molecule has 0 saturated heterocycles. The van der Waals surface area contributed by atoms with Gasteiger partial charge in [-0.25, -0.2) is 18.6 Å². The molecule has 0 fully saturated rings. The smallest absolute Gasteiger partial charge is 0.344 e. The third kappa shape index (κ3) is 3.76. The molecular formula is C15H10F2N2O3S. The molecule has 0 aliphatic rings. The molecule has 1 heterocycles. The second-order valence-electron chi connectivity index (χ2n) is 4.53. The van der Waals surface area contributed by atoms with E-state index in [2.05, 4.69) is 9.72 Å². The van der Waals surface area contributed by atoms with E-state index in [1.54, 1.807) is 18.4 Å². The molecule has 2 rings (SSSR count). The lowest BCUT2D eigenvalue weighted by Gasteiger charge is -2.08. The van der Waals surface area contributed by atoms with Crippen LogP contribution in [-0.2, 0) is 9.53 Å². The van der Waals surface area contributed by atoms with Crippen molar-refractivity contribution in [3.05, 3.63) is 51.5 Å². The van der Waals surface area contributed by atoms with Gasteiger partial charge in [0.25, 0.3) is 0 Å². The molecule has 0 saturated carbocycles. The van der Waals surface area contributed by atoms with Crippen molar-refractivity contribution in [2.24, 2.45) is 0 Å². The highest BCUT2D eigenvalue weighted by Gasteiger charge is 2.26. The summed E-state index contributed by atoms with van der Waals surface area (Å²) in [5, 5.41) is 11.0. The van der Waals surface area contributed by atoms with Gasteiger partial charge in [0.2, 0.25) is 0 Å². The van der Waals surface area contributed by atoms with Gasteiger partial charge < -0.3 is 4.74 Å². The molecule has 5 nitrogen and oxygen atoms in total. The summed E-state index contributed by atoms with van der Waals surface area (Å²) in [6.07, 6.45) is 0. The molecule has 1 atom stereocenters. The topological polar surface area (TPSA) is 80.0 Å². The van der Waals surface area contributed by atoms with Crippen LogP contribution in [0.3, 0.4) is 0 Å². The van der Waals surface area contributed by atoms with Crippen LogP contribution in [0.2, 0.25) is 0 Å². The van der Waals surface area contributed by atoms with E-state index in [9.17, 15) is 18.4 Å². The first-order valence-corrected chi connectivity index (χ1v) is 7.27. The lowest BCUT2D eigenvalue weighted by atomic mass is 10.1. The fraction of sp³-hybridized carbons (Fsp3) is 0.200. The second-order valence-corrected chi connectivity index (χ2v) is 5.42. The summed E-state index contributed by atoms with van der Waals surface area (Å²) in [5.74, 6) is -5.38. The molecule has 1 aromatic carbocycles. The summed E-state index contributed by atoms with van der Waals surface area (Å²) in [4.78, 5) is 27.7. The van der Waals surface area contributed by atoms with E-state index in [-0.39, 0.29) is 5.01 Å². The van der Waals surface area contributed by atoms with Crippen LogP contribution < -0.4 is 0 Å². The van der Waals surface area contributed by atoms with Gasteiger partial charge in [-0.2, -0.15) is 5.26 Å². The molecule has 0 aliphatic heterocycles. The average molecular weight is 336 g/mol. The van der Waals surface area contributed by atoms with Gasteiger partial charge >= 0.3 is 5.97 Å². The summed E-state index contributed by atoms with van der Waals surface area (Å²) in [5.41, 5.74) is -0.220. The Morgan fingerprint density at radius 1 is 1.39 bits per heavy atom. The average Bonchev–Trinajstić information content (AvgIpc) is 2.92. The number of aryl methyl sites for hydroxylation is 1. The van der Waals surface area contributed by atoms with Gasteiger partial charge in [0, 0.05) is 11.1 Å². The number of carbonyl (C=O) groups is 2. The monoisotopic (exact) mass is 336 g/mol. The Balaban J connectivity index is 2.06. The van der Waals surface area contributed by atoms with Crippen LogP contribution in [0.25, 0.3) is 0 Å². The fourth-order valence-corrected chi connectivity index (χ4v) is 2.62. The SMILES string of the molecule is Cc1csc(C(C#N)C(=O)COC(=O)c2c(F)cccc2F)n1. The van der Waals surface area contributed by atoms with Crippen LogP contribution in [0.15, 0.2) is 23.6 Å². The molecular weight excluding hydrogens is 326 g/mol. The van der Waals surface area contributed by atoms with Crippen molar-refractivity contribution in [2.75, 3.05) is 6.61 Å². The largest absolute Gasteiger partial charge is 0.454 e. The third-order valence-corrected chi connectivity index (χ3v) is 3.87. The molecule has 8 heteroatoms. The van der Waals surface area contributed by atoms with E-state index < -0.39 is 41.5 Å². The molecule has 0 aliphatic carbocycles. The van der Waals surface area contributed by atoms with Gasteiger partial charge in [-0.05, 0) is 19.1 Å². The summed E-state index contributed by atoms with van der Waals surface area (Å²) >= 11 is 1.13. The van der Waals surface area contributed by atoms with Crippen molar-refractivity contribution in [1.82, 2.24) is 4.98 Å². The number of halogens is 2. The minimum Gasteiger partial charge on any atom is -0.454 e. The van der Waals surface area contributed by atoms with Gasteiger partial charge in [-0.3, -0.25) is 4.79 Å². The van der Waals surface area contributed by atoms with E-state index >= 15 is 0 Å². The number of hydrogen-bond donors (Lipinski definition) is 0. The number of ketones is 1. The summed E-state index contributed by atoms with van der Waals surface area (Å²) in [6, 6.07) is 4.68. The molecule has 1 unspecified atom stereocenters. The Bertz CT molecular complexity index is 778. The van der Waals surface area contributed by atoms with E-state index in [0.717, 1.165) is 29.5 Å². The number of thiazole rings is 1. The lowest BCUT2D eigenvalue weighted by molar-refractivity contribution is -0.122. The Kier molecular flexibility index (Phi) is 5.13.